The van der Waals surface area contributed by atoms with Crippen LogP contribution in [0.1, 0.15) is 38.3 Å². The van der Waals surface area contributed by atoms with Crippen LogP contribution in [-0.4, -0.2) is 19.3 Å². The van der Waals surface area contributed by atoms with E-state index in [4.69, 9.17) is 4.74 Å². The van der Waals surface area contributed by atoms with Crippen molar-refractivity contribution in [2.75, 3.05) is 13.2 Å². The minimum absolute atomic E-state index is 0.0179. The van der Waals surface area contributed by atoms with Gasteiger partial charge in [0.1, 0.15) is 5.75 Å². The van der Waals surface area contributed by atoms with Crippen molar-refractivity contribution in [1.82, 2.24) is 5.32 Å². The van der Waals surface area contributed by atoms with E-state index in [1.807, 2.05) is 26.0 Å². The van der Waals surface area contributed by atoms with Crippen LogP contribution in [0.25, 0.3) is 0 Å². The van der Waals surface area contributed by atoms with Crippen molar-refractivity contribution in [2.45, 2.75) is 38.9 Å². The second-order valence-electron chi connectivity index (χ2n) is 4.36. The first-order valence-electron chi connectivity index (χ1n) is 6.49. The zero-order valence-electron chi connectivity index (χ0n) is 11.3. The molecule has 0 bridgehead atoms. The molecule has 1 rings (SSSR count). The summed E-state index contributed by atoms with van der Waals surface area (Å²) in [6, 6.07) is 6.90. The molecule has 0 aliphatic rings. The average molecular weight is 275 g/mol. The van der Waals surface area contributed by atoms with Crippen molar-refractivity contribution < 1.29 is 17.9 Å². The predicted molar refractivity (Wildman–Crippen MR) is 69.3 cm³/mol. The molecule has 0 radical (unpaired) electrons. The molecule has 1 N–H and O–H groups in total. The zero-order chi connectivity index (χ0) is 14.3. The average Bonchev–Trinajstić information content (AvgIpc) is 2.37. The molecule has 0 aliphatic heterocycles. The van der Waals surface area contributed by atoms with Gasteiger partial charge >= 0.3 is 6.18 Å². The molecule has 1 atom stereocenters. The number of benzene rings is 1. The molecule has 0 aliphatic carbocycles. The molecule has 1 unspecified atom stereocenters. The summed E-state index contributed by atoms with van der Waals surface area (Å²) in [5.41, 5.74) is 0.780. The highest BCUT2D eigenvalue weighted by Gasteiger charge is 2.29. The maximum Gasteiger partial charge on any atom is 0.422 e. The first kappa shape index (κ1) is 15.8. The minimum Gasteiger partial charge on any atom is -0.484 e. The molecule has 2 nitrogen and oxygen atoms in total. The number of nitrogens with one attached hydrogen (secondary N) is 1. The molecule has 1 aromatic rings. The molecule has 19 heavy (non-hydrogen) atoms. The van der Waals surface area contributed by atoms with Gasteiger partial charge in [-0.2, -0.15) is 13.2 Å². The van der Waals surface area contributed by atoms with E-state index >= 15 is 0 Å². The van der Waals surface area contributed by atoms with Gasteiger partial charge in [0.05, 0.1) is 0 Å². The Bertz CT molecular complexity index is 379. The van der Waals surface area contributed by atoms with Crippen molar-refractivity contribution >= 4 is 0 Å². The second-order valence-corrected chi connectivity index (χ2v) is 4.36. The van der Waals surface area contributed by atoms with Crippen molar-refractivity contribution in [1.29, 1.82) is 0 Å². The van der Waals surface area contributed by atoms with E-state index < -0.39 is 12.8 Å². The molecule has 0 fully saturated rings. The fourth-order valence-electron chi connectivity index (χ4n) is 1.85. The molecule has 0 heterocycles. The smallest absolute Gasteiger partial charge is 0.422 e. The van der Waals surface area contributed by atoms with E-state index in [2.05, 4.69) is 5.32 Å². The molecule has 108 valence electrons. The van der Waals surface area contributed by atoms with E-state index in [-0.39, 0.29) is 6.04 Å². The third-order valence-corrected chi connectivity index (χ3v) is 2.73. The van der Waals surface area contributed by atoms with Gasteiger partial charge in [0.25, 0.3) is 0 Å². The van der Waals surface area contributed by atoms with E-state index in [1.54, 1.807) is 12.1 Å². The van der Waals surface area contributed by atoms with Crippen LogP contribution in [0.2, 0.25) is 0 Å². The van der Waals surface area contributed by atoms with Gasteiger partial charge in [-0.25, -0.2) is 0 Å². The van der Waals surface area contributed by atoms with Gasteiger partial charge in [0.15, 0.2) is 6.61 Å². The van der Waals surface area contributed by atoms with Crippen LogP contribution in [0.15, 0.2) is 24.3 Å². The fraction of sp³-hybridized carbons (Fsp3) is 0.571. The Labute approximate surface area is 112 Å². The number of alkyl halides is 3. The third-order valence-electron chi connectivity index (χ3n) is 2.73. The molecule has 5 heteroatoms. The quantitative estimate of drug-likeness (QED) is 0.809. The molecule has 0 saturated heterocycles. The Morgan fingerprint density at radius 3 is 2.47 bits per heavy atom. The summed E-state index contributed by atoms with van der Waals surface area (Å²) in [6.07, 6.45) is -2.54. The summed E-state index contributed by atoms with van der Waals surface area (Å²) in [7, 11) is 0. The Morgan fingerprint density at radius 1 is 1.21 bits per heavy atom. The number of ether oxygens (including phenoxy) is 1. The van der Waals surface area contributed by atoms with Gasteiger partial charge in [0, 0.05) is 11.6 Å². The molecular formula is C14H20F3NO. The number of halogens is 3. The van der Waals surface area contributed by atoms with E-state index in [0.717, 1.165) is 24.9 Å². The Hall–Kier alpha value is -1.23. The van der Waals surface area contributed by atoms with Gasteiger partial charge < -0.3 is 10.1 Å². The highest BCUT2D eigenvalue weighted by molar-refractivity contribution is 5.36. The van der Waals surface area contributed by atoms with E-state index in [0.29, 0.717) is 5.75 Å². The molecular weight excluding hydrogens is 255 g/mol. The summed E-state index contributed by atoms with van der Waals surface area (Å²) >= 11 is 0. The van der Waals surface area contributed by atoms with Gasteiger partial charge in [-0.3, -0.25) is 0 Å². The van der Waals surface area contributed by atoms with Gasteiger partial charge in [-0.15, -0.1) is 0 Å². The Balaban J connectivity index is 2.81. The van der Waals surface area contributed by atoms with Crippen molar-refractivity contribution in [3.05, 3.63) is 29.8 Å². The summed E-state index contributed by atoms with van der Waals surface area (Å²) < 4.78 is 41.6. The first-order valence-corrected chi connectivity index (χ1v) is 6.49. The van der Waals surface area contributed by atoms with Crippen LogP contribution in [0.5, 0.6) is 5.75 Å². The molecule has 0 aromatic heterocycles. The van der Waals surface area contributed by atoms with E-state index in [9.17, 15) is 13.2 Å². The topological polar surface area (TPSA) is 21.3 Å². The summed E-state index contributed by atoms with van der Waals surface area (Å²) in [4.78, 5) is 0. The summed E-state index contributed by atoms with van der Waals surface area (Å²) in [5.74, 6) is 0.301. The number of para-hydroxylation sites is 1. The second kappa shape index (κ2) is 7.38. The van der Waals surface area contributed by atoms with Crippen LogP contribution < -0.4 is 10.1 Å². The van der Waals surface area contributed by atoms with Crippen molar-refractivity contribution in [3.8, 4) is 5.75 Å². The lowest BCUT2D eigenvalue weighted by Crippen LogP contribution is -2.24. The maximum atomic E-state index is 12.2. The van der Waals surface area contributed by atoms with Crippen LogP contribution >= 0.6 is 0 Å². The lowest BCUT2D eigenvalue weighted by atomic mass is 10.0. The molecule has 0 amide bonds. The molecule has 0 saturated carbocycles. The number of hydrogen-bond acceptors (Lipinski definition) is 2. The van der Waals surface area contributed by atoms with Gasteiger partial charge in [0.2, 0.25) is 0 Å². The van der Waals surface area contributed by atoms with Crippen molar-refractivity contribution in [2.24, 2.45) is 0 Å². The lowest BCUT2D eigenvalue weighted by Gasteiger charge is -2.21. The number of rotatable bonds is 7. The minimum atomic E-state index is -4.31. The third kappa shape index (κ3) is 5.51. The van der Waals surface area contributed by atoms with Gasteiger partial charge in [-0.05, 0) is 25.5 Å². The van der Waals surface area contributed by atoms with Crippen molar-refractivity contribution in [3.63, 3.8) is 0 Å². The normalized spacial score (nSPS) is 13.3. The SMILES string of the molecule is CCCNC(CC)c1ccccc1OCC(F)(F)F. The largest absolute Gasteiger partial charge is 0.484 e. The Kier molecular flexibility index (Phi) is 6.15. The van der Waals surface area contributed by atoms with E-state index in [1.165, 1.54) is 0 Å². The number of hydrogen-bond donors (Lipinski definition) is 1. The van der Waals surface area contributed by atoms with Gasteiger partial charge in [-0.1, -0.05) is 32.0 Å². The predicted octanol–water partition coefficient (Wildman–Crippen LogP) is 4.08. The fourth-order valence-corrected chi connectivity index (χ4v) is 1.85. The zero-order valence-corrected chi connectivity index (χ0v) is 11.3. The molecule has 1 aromatic carbocycles. The Morgan fingerprint density at radius 2 is 1.89 bits per heavy atom. The summed E-state index contributed by atoms with van der Waals surface area (Å²) in [6.45, 7) is 3.61. The highest BCUT2D eigenvalue weighted by Crippen LogP contribution is 2.28. The molecule has 0 spiro atoms. The maximum absolute atomic E-state index is 12.2. The standard InChI is InChI=1S/C14H20F3NO/c1-3-9-18-12(4-2)11-7-5-6-8-13(11)19-10-14(15,16)17/h5-8,12,18H,3-4,9-10H2,1-2H3. The van der Waals surface area contributed by atoms with Crippen LogP contribution in [0.4, 0.5) is 13.2 Å². The lowest BCUT2D eigenvalue weighted by molar-refractivity contribution is -0.153. The highest BCUT2D eigenvalue weighted by atomic mass is 19.4. The van der Waals surface area contributed by atoms with Crippen LogP contribution in [0, 0.1) is 0 Å². The summed E-state index contributed by atoms with van der Waals surface area (Å²) in [5, 5.41) is 3.31. The monoisotopic (exact) mass is 275 g/mol. The first-order chi connectivity index (χ1) is 8.98. The van der Waals surface area contributed by atoms with Crippen LogP contribution in [0.3, 0.4) is 0 Å². The van der Waals surface area contributed by atoms with Crippen LogP contribution in [-0.2, 0) is 0 Å².